The molecule has 0 aliphatic carbocycles. The van der Waals surface area contributed by atoms with Crippen molar-refractivity contribution < 1.29 is 4.79 Å². The van der Waals surface area contributed by atoms with E-state index in [0.29, 0.717) is 5.91 Å². The summed E-state index contributed by atoms with van der Waals surface area (Å²) in [4.78, 5) is 18.7. The number of benzene rings is 1. The number of piperidine rings is 1. The Hall–Kier alpha value is -1.10. The van der Waals surface area contributed by atoms with E-state index >= 15 is 0 Å². The average molecular weight is 391 g/mol. The lowest BCUT2D eigenvalue weighted by Crippen LogP contribution is -2.42. The van der Waals surface area contributed by atoms with Gasteiger partial charge in [0.15, 0.2) is 0 Å². The normalized spacial score (nSPS) is 20.4. The standard InChI is InChI=1S/C21H27ClN2OS/c22-20-17-7-3-4-8-18(17)26-19(20)15-23-13-9-16(10-14-23)21(25)24-11-5-1-2-6-12-24/h3-4,7-8,16H,1-2,5-6,9-15H2. The van der Waals surface area contributed by atoms with E-state index in [0.717, 1.165) is 50.6 Å². The summed E-state index contributed by atoms with van der Waals surface area (Å²) >= 11 is 8.40. The minimum absolute atomic E-state index is 0.224. The summed E-state index contributed by atoms with van der Waals surface area (Å²) in [6.07, 6.45) is 6.87. The zero-order chi connectivity index (χ0) is 17.9. The van der Waals surface area contributed by atoms with E-state index in [1.807, 2.05) is 6.07 Å². The molecule has 1 aromatic carbocycles. The van der Waals surface area contributed by atoms with Crippen molar-refractivity contribution in [2.24, 2.45) is 5.92 Å². The number of fused-ring (bicyclic) bond motifs is 1. The second-order valence-corrected chi connectivity index (χ2v) is 9.14. The minimum Gasteiger partial charge on any atom is -0.342 e. The lowest BCUT2D eigenvalue weighted by molar-refractivity contribution is -0.137. The largest absolute Gasteiger partial charge is 0.342 e. The highest BCUT2D eigenvalue weighted by molar-refractivity contribution is 7.19. The first-order chi connectivity index (χ1) is 12.7. The van der Waals surface area contributed by atoms with Gasteiger partial charge in [-0.25, -0.2) is 0 Å². The Kier molecular flexibility index (Phi) is 5.82. The summed E-state index contributed by atoms with van der Waals surface area (Å²) in [5, 5.41) is 2.08. The Morgan fingerprint density at radius 3 is 2.42 bits per heavy atom. The van der Waals surface area contributed by atoms with Crippen LogP contribution in [0.3, 0.4) is 0 Å². The minimum atomic E-state index is 0.224. The highest BCUT2D eigenvalue weighted by atomic mass is 35.5. The molecule has 1 amide bonds. The summed E-state index contributed by atoms with van der Waals surface area (Å²) in [6, 6.07) is 8.36. The topological polar surface area (TPSA) is 23.6 Å². The van der Waals surface area contributed by atoms with E-state index in [9.17, 15) is 4.79 Å². The fourth-order valence-electron chi connectivity index (χ4n) is 4.26. The molecule has 5 heteroatoms. The van der Waals surface area contributed by atoms with E-state index < -0.39 is 0 Å². The Morgan fingerprint density at radius 2 is 1.73 bits per heavy atom. The third-order valence-corrected chi connectivity index (χ3v) is 7.52. The Morgan fingerprint density at radius 1 is 1.04 bits per heavy atom. The van der Waals surface area contributed by atoms with Gasteiger partial charge >= 0.3 is 0 Å². The van der Waals surface area contributed by atoms with Gasteiger partial charge in [-0.15, -0.1) is 11.3 Å². The van der Waals surface area contributed by atoms with Crippen LogP contribution >= 0.6 is 22.9 Å². The fraction of sp³-hybridized carbons (Fsp3) is 0.571. The molecule has 2 aliphatic heterocycles. The second kappa shape index (κ2) is 8.28. The van der Waals surface area contributed by atoms with Gasteiger partial charge < -0.3 is 4.90 Å². The molecule has 0 saturated carbocycles. The number of nitrogens with zero attached hydrogens (tertiary/aromatic N) is 2. The number of halogens is 1. The van der Waals surface area contributed by atoms with Gasteiger partial charge in [0.1, 0.15) is 0 Å². The summed E-state index contributed by atoms with van der Waals surface area (Å²) in [7, 11) is 0. The average Bonchev–Trinajstić information content (AvgIpc) is 2.85. The molecular formula is C21H27ClN2OS. The van der Waals surface area contributed by atoms with Crippen LogP contribution in [0, 0.1) is 5.92 Å². The molecule has 1 aromatic heterocycles. The second-order valence-electron chi connectivity index (χ2n) is 7.63. The SMILES string of the molecule is O=C(C1CCN(Cc2sc3ccccc3c2Cl)CC1)N1CCCCCC1. The molecule has 0 atom stereocenters. The first-order valence-electron chi connectivity index (χ1n) is 9.89. The number of likely N-dealkylation sites (tertiary alicyclic amines) is 2. The Labute approximate surface area is 164 Å². The molecule has 3 nitrogen and oxygen atoms in total. The van der Waals surface area contributed by atoms with Gasteiger partial charge in [-0.3, -0.25) is 9.69 Å². The molecule has 26 heavy (non-hydrogen) atoms. The van der Waals surface area contributed by atoms with Crippen molar-refractivity contribution in [3.8, 4) is 0 Å². The number of hydrogen-bond acceptors (Lipinski definition) is 3. The maximum absolute atomic E-state index is 12.8. The first kappa shape index (κ1) is 18.3. The van der Waals surface area contributed by atoms with Crippen LogP contribution in [0.15, 0.2) is 24.3 Å². The Bertz CT molecular complexity index is 758. The molecule has 0 N–H and O–H groups in total. The van der Waals surface area contributed by atoms with E-state index in [-0.39, 0.29) is 5.92 Å². The molecule has 0 radical (unpaired) electrons. The van der Waals surface area contributed by atoms with Crippen LogP contribution in [0.2, 0.25) is 5.02 Å². The predicted molar refractivity (Wildman–Crippen MR) is 110 cm³/mol. The predicted octanol–water partition coefficient (Wildman–Crippen LogP) is 5.17. The van der Waals surface area contributed by atoms with Gasteiger partial charge in [0, 0.05) is 40.5 Å². The van der Waals surface area contributed by atoms with Crippen LogP contribution in [0.5, 0.6) is 0 Å². The third kappa shape index (κ3) is 3.92. The van der Waals surface area contributed by atoms with Gasteiger partial charge in [0.05, 0.1) is 5.02 Å². The van der Waals surface area contributed by atoms with E-state index in [2.05, 4.69) is 28.0 Å². The van der Waals surface area contributed by atoms with Crippen molar-refractivity contribution in [3.05, 3.63) is 34.2 Å². The maximum atomic E-state index is 12.8. The quantitative estimate of drug-likeness (QED) is 0.721. The molecule has 2 saturated heterocycles. The zero-order valence-corrected chi connectivity index (χ0v) is 16.8. The van der Waals surface area contributed by atoms with Crippen molar-refractivity contribution in [3.63, 3.8) is 0 Å². The van der Waals surface area contributed by atoms with Crippen LogP contribution in [0.4, 0.5) is 0 Å². The van der Waals surface area contributed by atoms with Crippen LogP contribution < -0.4 is 0 Å². The molecule has 0 spiro atoms. The van der Waals surface area contributed by atoms with Crippen molar-refractivity contribution >= 4 is 38.9 Å². The highest BCUT2D eigenvalue weighted by Crippen LogP contribution is 2.36. The molecule has 0 unspecified atom stereocenters. The van der Waals surface area contributed by atoms with E-state index in [1.54, 1.807) is 11.3 Å². The lowest BCUT2D eigenvalue weighted by atomic mass is 9.95. The zero-order valence-electron chi connectivity index (χ0n) is 15.3. The third-order valence-electron chi connectivity index (χ3n) is 5.82. The van der Waals surface area contributed by atoms with Crippen molar-refractivity contribution in [1.29, 1.82) is 0 Å². The number of rotatable bonds is 3. The lowest BCUT2D eigenvalue weighted by Gasteiger charge is -2.33. The van der Waals surface area contributed by atoms with E-state index in [4.69, 9.17) is 11.6 Å². The summed E-state index contributed by atoms with van der Waals surface area (Å²) < 4.78 is 1.26. The molecule has 3 heterocycles. The maximum Gasteiger partial charge on any atom is 0.225 e. The number of thiophene rings is 1. The fourth-order valence-corrected chi connectivity index (χ4v) is 5.79. The van der Waals surface area contributed by atoms with Gasteiger partial charge in [-0.05, 0) is 44.8 Å². The van der Waals surface area contributed by atoms with Crippen molar-refractivity contribution in [1.82, 2.24) is 9.80 Å². The molecule has 2 fully saturated rings. The van der Waals surface area contributed by atoms with Gasteiger partial charge in [0.2, 0.25) is 5.91 Å². The Balaban J connectivity index is 1.34. The van der Waals surface area contributed by atoms with Gasteiger partial charge in [-0.2, -0.15) is 0 Å². The molecule has 4 rings (SSSR count). The highest BCUT2D eigenvalue weighted by Gasteiger charge is 2.29. The molecule has 0 bridgehead atoms. The number of carbonyl (C=O) groups is 1. The van der Waals surface area contributed by atoms with Gasteiger partial charge in [0.25, 0.3) is 0 Å². The monoisotopic (exact) mass is 390 g/mol. The van der Waals surface area contributed by atoms with Crippen molar-refractivity contribution in [2.45, 2.75) is 45.1 Å². The molecular weight excluding hydrogens is 364 g/mol. The van der Waals surface area contributed by atoms with Crippen LogP contribution in [0.25, 0.3) is 10.1 Å². The van der Waals surface area contributed by atoms with Crippen LogP contribution in [-0.2, 0) is 11.3 Å². The summed E-state index contributed by atoms with van der Waals surface area (Å²) in [5.74, 6) is 0.633. The molecule has 2 aromatic rings. The first-order valence-corrected chi connectivity index (χ1v) is 11.1. The summed E-state index contributed by atoms with van der Waals surface area (Å²) in [5.41, 5.74) is 0. The number of amides is 1. The number of carbonyl (C=O) groups excluding carboxylic acids is 1. The summed E-state index contributed by atoms with van der Waals surface area (Å²) in [6.45, 7) is 4.83. The smallest absolute Gasteiger partial charge is 0.225 e. The molecule has 140 valence electrons. The number of hydrogen-bond donors (Lipinski definition) is 0. The van der Waals surface area contributed by atoms with E-state index in [1.165, 1.54) is 40.6 Å². The van der Waals surface area contributed by atoms with Gasteiger partial charge in [-0.1, -0.05) is 42.6 Å². The van der Waals surface area contributed by atoms with Crippen molar-refractivity contribution in [2.75, 3.05) is 26.2 Å². The van der Waals surface area contributed by atoms with Crippen LogP contribution in [-0.4, -0.2) is 41.9 Å². The van der Waals surface area contributed by atoms with Crippen LogP contribution in [0.1, 0.15) is 43.4 Å². The molecule has 2 aliphatic rings.